The molecule has 0 spiro atoms. The van der Waals surface area contributed by atoms with E-state index in [4.69, 9.17) is 27.7 Å². The van der Waals surface area contributed by atoms with Crippen LogP contribution < -0.4 is 0 Å². The summed E-state index contributed by atoms with van der Waals surface area (Å²) in [5.41, 5.74) is 1.14. The van der Waals surface area contributed by atoms with Gasteiger partial charge in [-0.05, 0) is 24.3 Å². The molecule has 0 fully saturated rings. The number of aromatic nitrogens is 1. The molecule has 6 nitrogen and oxygen atoms in total. The Bertz CT molecular complexity index is 924. The molecule has 0 aliphatic heterocycles. The summed E-state index contributed by atoms with van der Waals surface area (Å²) < 4.78 is 5.30. The minimum Gasteiger partial charge on any atom is -0.391 e. The Morgan fingerprint density at radius 3 is 2.62 bits per heavy atom. The Hall–Kier alpha value is -2.41. The summed E-state index contributed by atoms with van der Waals surface area (Å²) in [5.74, 6) is 0.121. The van der Waals surface area contributed by atoms with Gasteiger partial charge in [0.25, 0.3) is 5.69 Å². The molecule has 0 aliphatic rings. The van der Waals surface area contributed by atoms with Gasteiger partial charge >= 0.3 is 0 Å². The summed E-state index contributed by atoms with van der Waals surface area (Å²) in [6.07, 6.45) is 0. The van der Waals surface area contributed by atoms with E-state index in [-0.39, 0.29) is 22.7 Å². The minimum absolute atomic E-state index is 0.121. The van der Waals surface area contributed by atoms with E-state index in [9.17, 15) is 15.2 Å². The summed E-state index contributed by atoms with van der Waals surface area (Å²) in [4.78, 5) is 10.7. The highest BCUT2D eigenvalue weighted by atomic mass is 35.5. The monoisotopic (exact) mass is 364 g/mol. The van der Waals surface area contributed by atoms with Crippen LogP contribution in [0.1, 0.15) is 5.56 Å². The first-order valence-electron chi connectivity index (χ1n) is 6.81. The number of nitro groups is 1. The molecule has 0 atom stereocenters. The molecule has 1 aromatic heterocycles. The van der Waals surface area contributed by atoms with Crippen LogP contribution in [0.25, 0.3) is 22.6 Å². The number of hydrogen-bond donors (Lipinski definition) is 1. The first kappa shape index (κ1) is 16.4. The van der Waals surface area contributed by atoms with E-state index in [2.05, 4.69) is 5.16 Å². The van der Waals surface area contributed by atoms with E-state index in [0.717, 1.165) is 0 Å². The second-order valence-corrected chi connectivity index (χ2v) is 5.74. The average molecular weight is 365 g/mol. The van der Waals surface area contributed by atoms with Gasteiger partial charge in [0.15, 0.2) is 5.76 Å². The Morgan fingerprint density at radius 2 is 1.92 bits per heavy atom. The molecule has 1 heterocycles. The molecule has 122 valence electrons. The lowest BCUT2D eigenvalue weighted by atomic mass is 10.0. The van der Waals surface area contributed by atoms with E-state index >= 15 is 0 Å². The van der Waals surface area contributed by atoms with Crippen LogP contribution in [0, 0.1) is 10.1 Å². The molecule has 0 bridgehead atoms. The standard InChI is InChI=1S/C16H10Cl2N2O4/c17-9-5-6-13(18)11(7-9)15-12(8-21)16(24-19-15)10-3-1-2-4-14(10)20(22)23/h1-7,21H,8H2. The molecule has 2 aromatic carbocycles. The van der Waals surface area contributed by atoms with Crippen LogP contribution in [0.15, 0.2) is 47.0 Å². The molecule has 1 N–H and O–H groups in total. The number of nitro benzene ring substituents is 1. The maximum Gasteiger partial charge on any atom is 0.280 e. The van der Waals surface area contributed by atoms with Crippen molar-refractivity contribution in [3.63, 3.8) is 0 Å². The zero-order valence-electron chi connectivity index (χ0n) is 12.1. The fraction of sp³-hybridized carbons (Fsp3) is 0.0625. The third kappa shape index (κ3) is 2.87. The highest BCUT2D eigenvalue weighted by molar-refractivity contribution is 6.35. The summed E-state index contributed by atoms with van der Waals surface area (Å²) >= 11 is 12.2. The third-order valence-corrected chi connectivity index (χ3v) is 4.04. The minimum atomic E-state index is -0.523. The van der Waals surface area contributed by atoms with E-state index in [1.54, 1.807) is 30.3 Å². The predicted octanol–water partition coefficient (Wildman–Crippen LogP) is 4.72. The molecule has 0 saturated carbocycles. The number of hydrogen-bond acceptors (Lipinski definition) is 5. The Morgan fingerprint density at radius 1 is 1.17 bits per heavy atom. The second kappa shape index (κ2) is 6.60. The molecule has 0 saturated heterocycles. The van der Waals surface area contributed by atoms with Gasteiger partial charge in [-0.1, -0.05) is 40.5 Å². The lowest BCUT2D eigenvalue weighted by molar-refractivity contribution is -0.384. The van der Waals surface area contributed by atoms with E-state index in [1.807, 2.05) is 0 Å². The molecule has 0 amide bonds. The van der Waals surface area contributed by atoms with Crippen LogP contribution in [0.4, 0.5) is 5.69 Å². The normalized spacial score (nSPS) is 10.8. The number of para-hydroxylation sites is 1. The van der Waals surface area contributed by atoms with Gasteiger partial charge in [0.2, 0.25) is 0 Å². The molecule has 3 rings (SSSR count). The van der Waals surface area contributed by atoms with Gasteiger partial charge in [-0.25, -0.2) is 0 Å². The predicted molar refractivity (Wildman–Crippen MR) is 90.0 cm³/mol. The SMILES string of the molecule is O=[N+]([O-])c1ccccc1-c1onc(-c2cc(Cl)ccc2Cl)c1CO. The van der Waals surface area contributed by atoms with Gasteiger partial charge in [-0.3, -0.25) is 10.1 Å². The van der Waals surface area contributed by atoms with Crippen molar-refractivity contribution in [3.8, 4) is 22.6 Å². The molecular weight excluding hydrogens is 355 g/mol. The fourth-order valence-corrected chi connectivity index (χ4v) is 2.76. The van der Waals surface area contributed by atoms with Crippen LogP contribution in [0.2, 0.25) is 10.0 Å². The largest absolute Gasteiger partial charge is 0.391 e. The highest BCUT2D eigenvalue weighted by Crippen LogP contribution is 2.39. The van der Waals surface area contributed by atoms with E-state index < -0.39 is 11.5 Å². The van der Waals surface area contributed by atoms with Crippen molar-refractivity contribution in [1.29, 1.82) is 0 Å². The lowest BCUT2D eigenvalue weighted by Crippen LogP contribution is -1.94. The number of aliphatic hydroxyl groups excluding tert-OH is 1. The second-order valence-electron chi connectivity index (χ2n) is 4.90. The smallest absolute Gasteiger partial charge is 0.280 e. The summed E-state index contributed by atoms with van der Waals surface area (Å²) in [6.45, 7) is -0.428. The zero-order chi connectivity index (χ0) is 17.3. The van der Waals surface area contributed by atoms with E-state index in [1.165, 1.54) is 12.1 Å². The average Bonchev–Trinajstić information content (AvgIpc) is 3.00. The maximum absolute atomic E-state index is 11.2. The highest BCUT2D eigenvalue weighted by Gasteiger charge is 2.25. The van der Waals surface area contributed by atoms with Gasteiger partial charge in [-0.15, -0.1) is 0 Å². The van der Waals surface area contributed by atoms with Crippen LogP contribution in [0.3, 0.4) is 0 Å². The van der Waals surface area contributed by atoms with Gasteiger partial charge in [0, 0.05) is 16.7 Å². The van der Waals surface area contributed by atoms with Crippen LogP contribution >= 0.6 is 23.2 Å². The van der Waals surface area contributed by atoms with Crippen molar-refractivity contribution in [2.24, 2.45) is 0 Å². The topological polar surface area (TPSA) is 89.4 Å². The first-order valence-corrected chi connectivity index (χ1v) is 7.57. The summed E-state index contributed by atoms with van der Waals surface area (Å²) in [7, 11) is 0. The number of benzene rings is 2. The number of nitrogens with zero attached hydrogens (tertiary/aromatic N) is 2. The Balaban J connectivity index is 2.22. The van der Waals surface area contributed by atoms with Crippen molar-refractivity contribution >= 4 is 28.9 Å². The van der Waals surface area contributed by atoms with Crippen molar-refractivity contribution in [2.45, 2.75) is 6.61 Å². The van der Waals surface area contributed by atoms with Crippen LogP contribution in [-0.4, -0.2) is 15.2 Å². The number of aliphatic hydroxyl groups is 1. The molecule has 0 unspecified atom stereocenters. The van der Waals surface area contributed by atoms with Gasteiger partial charge < -0.3 is 9.63 Å². The van der Waals surface area contributed by atoms with Crippen molar-refractivity contribution < 1.29 is 14.6 Å². The molecule has 0 aliphatic carbocycles. The maximum atomic E-state index is 11.2. The molecule has 8 heteroatoms. The third-order valence-electron chi connectivity index (χ3n) is 3.48. The summed E-state index contributed by atoms with van der Waals surface area (Å²) in [6, 6.07) is 10.9. The fourth-order valence-electron chi connectivity index (χ4n) is 2.38. The van der Waals surface area contributed by atoms with E-state index in [0.29, 0.717) is 21.2 Å². The van der Waals surface area contributed by atoms with Crippen molar-refractivity contribution in [1.82, 2.24) is 5.16 Å². The van der Waals surface area contributed by atoms with Gasteiger partial charge in [-0.2, -0.15) is 0 Å². The molecule has 24 heavy (non-hydrogen) atoms. The van der Waals surface area contributed by atoms with Gasteiger partial charge in [0.05, 0.1) is 27.7 Å². The van der Waals surface area contributed by atoms with Gasteiger partial charge in [0.1, 0.15) is 5.69 Å². The molecular formula is C16H10Cl2N2O4. The quantitative estimate of drug-likeness (QED) is 0.534. The lowest BCUT2D eigenvalue weighted by Gasteiger charge is -2.04. The van der Waals surface area contributed by atoms with Crippen LogP contribution in [0.5, 0.6) is 0 Å². The molecule has 0 radical (unpaired) electrons. The number of rotatable bonds is 4. The van der Waals surface area contributed by atoms with Crippen molar-refractivity contribution in [3.05, 3.63) is 68.2 Å². The first-order chi connectivity index (χ1) is 11.5. The Kier molecular flexibility index (Phi) is 4.53. The molecule has 3 aromatic rings. The van der Waals surface area contributed by atoms with Crippen LogP contribution in [-0.2, 0) is 6.61 Å². The van der Waals surface area contributed by atoms with Crippen molar-refractivity contribution in [2.75, 3.05) is 0 Å². The zero-order valence-corrected chi connectivity index (χ0v) is 13.6. The Labute approximate surface area is 146 Å². The summed E-state index contributed by atoms with van der Waals surface area (Å²) in [5, 5.41) is 25.7. The number of halogens is 2.